The van der Waals surface area contributed by atoms with Crippen molar-refractivity contribution in [2.45, 2.75) is 20.3 Å². The molecule has 0 saturated carbocycles. The van der Waals surface area contributed by atoms with Crippen LogP contribution in [0.4, 0.5) is 0 Å². The molecular formula is C17H21N3O. The summed E-state index contributed by atoms with van der Waals surface area (Å²) in [6.07, 6.45) is 4.85. The molecule has 2 heterocycles. The quantitative estimate of drug-likeness (QED) is 0.850. The van der Waals surface area contributed by atoms with E-state index in [1.54, 1.807) is 10.9 Å². The lowest BCUT2D eigenvalue weighted by molar-refractivity contribution is 0.0623. The van der Waals surface area contributed by atoms with Gasteiger partial charge < -0.3 is 4.90 Å². The Balaban J connectivity index is 1.76. The first-order valence-corrected chi connectivity index (χ1v) is 7.53. The molecule has 1 amide bonds. The lowest BCUT2D eigenvalue weighted by Gasteiger charge is -2.35. The van der Waals surface area contributed by atoms with Gasteiger partial charge in [-0.15, -0.1) is 0 Å². The monoisotopic (exact) mass is 283 g/mol. The highest BCUT2D eigenvalue weighted by molar-refractivity contribution is 5.94. The lowest BCUT2D eigenvalue weighted by Crippen LogP contribution is -2.42. The van der Waals surface area contributed by atoms with E-state index in [1.165, 1.54) is 6.42 Å². The van der Waals surface area contributed by atoms with Gasteiger partial charge in [-0.1, -0.05) is 13.8 Å². The Kier molecular flexibility index (Phi) is 3.78. The Bertz CT molecular complexity index is 593. The molecule has 0 spiro atoms. The Labute approximate surface area is 125 Å². The minimum absolute atomic E-state index is 0.139. The average molecular weight is 283 g/mol. The van der Waals surface area contributed by atoms with Gasteiger partial charge >= 0.3 is 0 Å². The molecule has 4 nitrogen and oxygen atoms in total. The van der Waals surface area contributed by atoms with Crippen molar-refractivity contribution in [3.63, 3.8) is 0 Å². The molecule has 2 unspecified atom stereocenters. The summed E-state index contributed by atoms with van der Waals surface area (Å²) in [5, 5.41) is 4.19. The van der Waals surface area contributed by atoms with Crippen molar-refractivity contribution >= 4 is 5.91 Å². The Morgan fingerprint density at radius 3 is 2.38 bits per heavy atom. The van der Waals surface area contributed by atoms with Gasteiger partial charge in [0.1, 0.15) is 0 Å². The Morgan fingerprint density at radius 1 is 1.14 bits per heavy atom. The van der Waals surface area contributed by atoms with Gasteiger partial charge in [0, 0.05) is 31.0 Å². The second-order valence-corrected chi connectivity index (χ2v) is 6.15. The molecule has 4 heteroatoms. The Morgan fingerprint density at radius 2 is 1.81 bits per heavy atom. The van der Waals surface area contributed by atoms with Crippen LogP contribution in [0.3, 0.4) is 0 Å². The molecule has 1 aromatic carbocycles. The molecule has 1 saturated heterocycles. The van der Waals surface area contributed by atoms with Gasteiger partial charge in [-0.25, -0.2) is 4.68 Å². The van der Waals surface area contributed by atoms with Gasteiger partial charge in [0.05, 0.1) is 5.69 Å². The maximum absolute atomic E-state index is 12.6. The van der Waals surface area contributed by atoms with Gasteiger partial charge in [-0.2, -0.15) is 5.10 Å². The van der Waals surface area contributed by atoms with Gasteiger partial charge in [-0.05, 0) is 48.6 Å². The van der Waals surface area contributed by atoms with E-state index in [-0.39, 0.29) is 5.91 Å². The van der Waals surface area contributed by atoms with Gasteiger partial charge in [0.25, 0.3) is 5.91 Å². The van der Waals surface area contributed by atoms with Crippen molar-refractivity contribution in [3.8, 4) is 5.69 Å². The van der Waals surface area contributed by atoms with E-state index in [2.05, 4.69) is 18.9 Å². The number of benzene rings is 1. The van der Waals surface area contributed by atoms with Crippen LogP contribution in [0.25, 0.3) is 5.69 Å². The number of aromatic nitrogens is 2. The fourth-order valence-electron chi connectivity index (χ4n) is 3.19. The molecule has 1 aliphatic rings. The maximum atomic E-state index is 12.6. The van der Waals surface area contributed by atoms with Crippen LogP contribution in [0.5, 0.6) is 0 Å². The van der Waals surface area contributed by atoms with Crippen LogP contribution in [0.2, 0.25) is 0 Å². The summed E-state index contributed by atoms with van der Waals surface area (Å²) >= 11 is 0. The Hall–Kier alpha value is -2.10. The summed E-state index contributed by atoms with van der Waals surface area (Å²) in [6, 6.07) is 9.55. The molecule has 110 valence electrons. The maximum Gasteiger partial charge on any atom is 0.253 e. The minimum atomic E-state index is 0.139. The van der Waals surface area contributed by atoms with Crippen LogP contribution >= 0.6 is 0 Å². The second kappa shape index (κ2) is 5.72. The lowest BCUT2D eigenvalue weighted by atomic mass is 9.91. The van der Waals surface area contributed by atoms with Crippen molar-refractivity contribution in [1.29, 1.82) is 0 Å². The third-order valence-electron chi connectivity index (χ3n) is 4.04. The predicted molar refractivity (Wildman–Crippen MR) is 82.4 cm³/mol. The van der Waals surface area contributed by atoms with Crippen molar-refractivity contribution < 1.29 is 4.79 Å². The highest BCUT2D eigenvalue weighted by atomic mass is 16.2. The molecule has 0 radical (unpaired) electrons. The fraction of sp³-hybridized carbons (Fsp3) is 0.412. The third kappa shape index (κ3) is 2.99. The topological polar surface area (TPSA) is 38.1 Å². The molecule has 1 fully saturated rings. The number of nitrogens with zero attached hydrogens (tertiary/aromatic N) is 3. The zero-order chi connectivity index (χ0) is 14.8. The van der Waals surface area contributed by atoms with Crippen LogP contribution in [0, 0.1) is 11.8 Å². The summed E-state index contributed by atoms with van der Waals surface area (Å²) in [6.45, 7) is 6.17. The molecule has 0 aliphatic carbocycles. The van der Waals surface area contributed by atoms with Gasteiger partial charge in [0.15, 0.2) is 0 Å². The van der Waals surface area contributed by atoms with Crippen LogP contribution in [0.15, 0.2) is 42.7 Å². The molecular weight excluding hydrogens is 262 g/mol. The highest BCUT2D eigenvalue weighted by Gasteiger charge is 2.25. The molecule has 2 atom stereocenters. The largest absolute Gasteiger partial charge is 0.338 e. The van der Waals surface area contributed by atoms with E-state index < -0.39 is 0 Å². The zero-order valence-electron chi connectivity index (χ0n) is 12.6. The van der Waals surface area contributed by atoms with E-state index in [0.29, 0.717) is 11.8 Å². The third-order valence-corrected chi connectivity index (χ3v) is 4.04. The van der Waals surface area contributed by atoms with Gasteiger partial charge in [0.2, 0.25) is 0 Å². The molecule has 0 bridgehead atoms. The normalized spacial score (nSPS) is 22.3. The van der Waals surface area contributed by atoms with Crippen LogP contribution in [0.1, 0.15) is 30.6 Å². The molecule has 21 heavy (non-hydrogen) atoms. The smallest absolute Gasteiger partial charge is 0.253 e. The summed E-state index contributed by atoms with van der Waals surface area (Å²) in [7, 11) is 0. The molecule has 1 aliphatic heterocycles. The standard InChI is InChI=1S/C17H21N3O/c1-13-10-14(2)12-19(11-13)17(21)15-4-6-16(7-5-15)20-9-3-8-18-20/h3-9,13-14H,10-12H2,1-2H3. The number of rotatable bonds is 2. The minimum Gasteiger partial charge on any atom is -0.338 e. The van der Waals surface area contributed by atoms with Crippen molar-refractivity contribution in [1.82, 2.24) is 14.7 Å². The van der Waals surface area contributed by atoms with Crippen molar-refractivity contribution in [3.05, 3.63) is 48.3 Å². The van der Waals surface area contributed by atoms with Crippen LogP contribution in [-0.2, 0) is 0 Å². The van der Waals surface area contributed by atoms with E-state index in [4.69, 9.17) is 0 Å². The van der Waals surface area contributed by atoms with E-state index >= 15 is 0 Å². The predicted octanol–water partition coefficient (Wildman–Crippen LogP) is 2.99. The van der Waals surface area contributed by atoms with Crippen molar-refractivity contribution in [2.75, 3.05) is 13.1 Å². The zero-order valence-corrected chi connectivity index (χ0v) is 12.6. The number of amides is 1. The number of carbonyl (C=O) groups is 1. The first-order chi connectivity index (χ1) is 10.1. The van der Waals surface area contributed by atoms with E-state index in [9.17, 15) is 4.79 Å². The van der Waals surface area contributed by atoms with Gasteiger partial charge in [-0.3, -0.25) is 4.79 Å². The average Bonchev–Trinajstić information content (AvgIpc) is 3.00. The molecule has 3 rings (SSSR count). The number of piperidine rings is 1. The molecule has 0 N–H and O–H groups in total. The number of likely N-dealkylation sites (tertiary alicyclic amines) is 1. The molecule has 2 aromatic rings. The van der Waals surface area contributed by atoms with Crippen molar-refractivity contribution in [2.24, 2.45) is 11.8 Å². The number of carbonyl (C=O) groups excluding carboxylic acids is 1. The summed E-state index contributed by atoms with van der Waals surface area (Å²) in [5.74, 6) is 1.31. The number of hydrogen-bond acceptors (Lipinski definition) is 2. The van der Waals surface area contributed by atoms with Crippen LogP contribution in [-0.4, -0.2) is 33.7 Å². The second-order valence-electron chi connectivity index (χ2n) is 6.15. The number of hydrogen-bond donors (Lipinski definition) is 0. The summed E-state index contributed by atoms with van der Waals surface area (Å²) in [5.41, 5.74) is 1.73. The first kappa shape index (κ1) is 13.9. The molecule has 1 aromatic heterocycles. The fourth-order valence-corrected chi connectivity index (χ4v) is 3.19. The first-order valence-electron chi connectivity index (χ1n) is 7.53. The van der Waals surface area contributed by atoms with Crippen LogP contribution < -0.4 is 0 Å². The SMILES string of the molecule is CC1CC(C)CN(C(=O)c2ccc(-n3cccn3)cc2)C1. The van der Waals surface area contributed by atoms with E-state index in [0.717, 1.165) is 24.3 Å². The summed E-state index contributed by atoms with van der Waals surface area (Å²) in [4.78, 5) is 14.6. The van der Waals surface area contributed by atoms with E-state index in [1.807, 2.05) is 41.4 Å². The highest BCUT2D eigenvalue weighted by Crippen LogP contribution is 2.22. The summed E-state index contributed by atoms with van der Waals surface area (Å²) < 4.78 is 1.79.